The minimum absolute atomic E-state index is 0.312. The van der Waals surface area contributed by atoms with Crippen LogP contribution in [0.2, 0.25) is 0 Å². The molecule has 1 N–H and O–H groups in total. The maximum absolute atomic E-state index is 11.7. The van der Waals surface area contributed by atoms with Crippen molar-refractivity contribution in [3.8, 4) is 0 Å². The van der Waals surface area contributed by atoms with Gasteiger partial charge in [-0.1, -0.05) is 12.0 Å². The van der Waals surface area contributed by atoms with Gasteiger partial charge in [0, 0.05) is 5.70 Å². The second-order valence-electron chi connectivity index (χ2n) is 3.32. The normalized spacial score (nSPS) is 14.4. The summed E-state index contributed by atoms with van der Waals surface area (Å²) in [5.41, 5.74) is 1.41. The fourth-order valence-corrected chi connectivity index (χ4v) is 1.56. The fourth-order valence-electron chi connectivity index (χ4n) is 1.56. The number of carbonyl (C=O) groups excluding carboxylic acids is 1. The van der Waals surface area contributed by atoms with Crippen LogP contribution in [0.3, 0.4) is 0 Å². The predicted molar refractivity (Wildman–Crippen MR) is 55.4 cm³/mol. The Morgan fingerprint density at radius 2 is 2.38 bits per heavy atom. The number of aromatic nitrogens is 4. The van der Waals surface area contributed by atoms with Crippen LogP contribution in [0.15, 0.2) is 11.3 Å². The van der Waals surface area contributed by atoms with Gasteiger partial charge in [0.1, 0.15) is 0 Å². The van der Waals surface area contributed by atoms with Gasteiger partial charge < -0.3 is 10.1 Å². The highest BCUT2D eigenvalue weighted by Gasteiger charge is 2.24. The molecule has 0 unspecified atom stereocenters. The number of anilines is 1. The van der Waals surface area contributed by atoms with Crippen LogP contribution in [0.1, 0.15) is 20.3 Å². The van der Waals surface area contributed by atoms with Crippen LogP contribution in [0.4, 0.5) is 5.95 Å². The average molecular weight is 223 g/mol. The molecule has 7 nitrogen and oxygen atoms in total. The molecule has 2 heterocycles. The van der Waals surface area contributed by atoms with E-state index >= 15 is 0 Å². The largest absolute Gasteiger partial charge is 0.463 e. The van der Waals surface area contributed by atoms with Crippen molar-refractivity contribution in [2.24, 2.45) is 0 Å². The summed E-state index contributed by atoms with van der Waals surface area (Å²) in [7, 11) is 0. The van der Waals surface area contributed by atoms with Crippen molar-refractivity contribution in [2.75, 3.05) is 11.9 Å². The molecule has 0 fully saturated rings. The highest BCUT2D eigenvalue weighted by atomic mass is 16.5. The molecule has 0 spiro atoms. The van der Waals surface area contributed by atoms with Gasteiger partial charge in [-0.05, 0) is 23.8 Å². The number of fused-ring (bicyclic) bond motifs is 1. The third kappa shape index (κ3) is 1.75. The van der Waals surface area contributed by atoms with E-state index in [1.54, 1.807) is 6.92 Å². The summed E-state index contributed by atoms with van der Waals surface area (Å²) in [5.74, 6) is 0.248. The molecule has 0 amide bonds. The number of ether oxygens (including phenoxy) is 1. The molecule has 1 aromatic rings. The number of allylic oxidation sites excluding steroid dienone is 1. The van der Waals surface area contributed by atoms with Crippen molar-refractivity contribution < 1.29 is 9.53 Å². The van der Waals surface area contributed by atoms with Crippen LogP contribution < -0.4 is 5.32 Å². The van der Waals surface area contributed by atoms with Crippen LogP contribution in [0.25, 0.3) is 0 Å². The third-order valence-corrected chi connectivity index (χ3v) is 2.34. The van der Waals surface area contributed by atoms with Crippen LogP contribution >= 0.6 is 0 Å². The number of carbonyl (C=O) groups is 1. The predicted octanol–water partition coefficient (Wildman–Crippen LogP) is 0.326. The summed E-state index contributed by atoms with van der Waals surface area (Å²) in [5, 5.41) is 14.1. The molecule has 16 heavy (non-hydrogen) atoms. The van der Waals surface area contributed by atoms with Crippen molar-refractivity contribution in [3.05, 3.63) is 11.3 Å². The molecule has 1 aliphatic rings. The SMILES string of the molecule is CCOC(=O)C1=C(CC)Nc2nnnn2C1. The van der Waals surface area contributed by atoms with Gasteiger partial charge in [0.2, 0.25) is 5.95 Å². The number of rotatable bonds is 3. The molecule has 1 aliphatic heterocycles. The number of nitrogens with zero attached hydrogens (tertiary/aromatic N) is 4. The van der Waals surface area contributed by atoms with Crippen LogP contribution in [-0.2, 0) is 16.1 Å². The van der Waals surface area contributed by atoms with E-state index in [2.05, 4.69) is 20.8 Å². The molecule has 0 saturated heterocycles. The lowest BCUT2D eigenvalue weighted by Gasteiger charge is -2.19. The van der Waals surface area contributed by atoms with Crippen molar-refractivity contribution in [1.82, 2.24) is 20.2 Å². The Bertz CT molecular complexity index is 437. The van der Waals surface area contributed by atoms with Crippen LogP contribution in [-0.4, -0.2) is 32.8 Å². The van der Waals surface area contributed by atoms with Gasteiger partial charge in [0.25, 0.3) is 0 Å². The summed E-state index contributed by atoms with van der Waals surface area (Å²) in [6.45, 7) is 4.46. The van der Waals surface area contributed by atoms with Gasteiger partial charge in [-0.25, -0.2) is 9.48 Å². The first-order chi connectivity index (χ1) is 7.76. The minimum atomic E-state index is -0.312. The van der Waals surface area contributed by atoms with Gasteiger partial charge in [-0.3, -0.25) is 0 Å². The van der Waals surface area contributed by atoms with Gasteiger partial charge >= 0.3 is 5.97 Å². The van der Waals surface area contributed by atoms with E-state index in [0.29, 0.717) is 31.1 Å². The monoisotopic (exact) mass is 223 g/mol. The lowest BCUT2D eigenvalue weighted by atomic mass is 10.1. The molecule has 0 saturated carbocycles. The molecule has 2 rings (SSSR count). The van der Waals surface area contributed by atoms with Crippen molar-refractivity contribution in [3.63, 3.8) is 0 Å². The van der Waals surface area contributed by atoms with E-state index in [1.807, 2.05) is 6.92 Å². The van der Waals surface area contributed by atoms with E-state index in [9.17, 15) is 4.79 Å². The molecule has 0 aromatic carbocycles. The van der Waals surface area contributed by atoms with Gasteiger partial charge in [0.05, 0.1) is 18.7 Å². The highest BCUT2D eigenvalue weighted by Crippen LogP contribution is 2.21. The maximum Gasteiger partial charge on any atom is 0.337 e. The van der Waals surface area contributed by atoms with Gasteiger partial charge in [0.15, 0.2) is 0 Å². The van der Waals surface area contributed by atoms with E-state index in [1.165, 1.54) is 4.68 Å². The lowest BCUT2D eigenvalue weighted by Crippen LogP contribution is -2.24. The standard InChI is InChI=1S/C9H13N5O2/c1-3-7-6(8(15)16-4-2)5-14-9(10-7)11-12-13-14/h3-5H2,1-2H3,(H,10,11,13). The quantitative estimate of drug-likeness (QED) is 0.743. The first-order valence-electron chi connectivity index (χ1n) is 5.18. The Kier molecular flexibility index (Phi) is 2.84. The average Bonchev–Trinajstić information content (AvgIpc) is 2.74. The Morgan fingerprint density at radius 1 is 1.56 bits per heavy atom. The number of esters is 1. The molecule has 1 aromatic heterocycles. The molecule has 7 heteroatoms. The number of hydrogen-bond donors (Lipinski definition) is 1. The number of nitrogens with one attached hydrogen (secondary N) is 1. The molecular formula is C9H13N5O2. The zero-order valence-electron chi connectivity index (χ0n) is 9.23. The van der Waals surface area contributed by atoms with E-state index in [-0.39, 0.29) is 5.97 Å². The lowest BCUT2D eigenvalue weighted by molar-refractivity contribution is -0.138. The fraction of sp³-hybridized carbons (Fsp3) is 0.556. The molecule has 0 atom stereocenters. The Hall–Kier alpha value is -1.92. The minimum Gasteiger partial charge on any atom is -0.463 e. The van der Waals surface area contributed by atoms with Crippen LogP contribution in [0, 0.1) is 0 Å². The smallest absolute Gasteiger partial charge is 0.337 e. The molecule has 0 aliphatic carbocycles. The summed E-state index contributed by atoms with van der Waals surface area (Å²) >= 11 is 0. The second-order valence-corrected chi connectivity index (χ2v) is 3.32. The highest BCUT2D eigenvalue weighted by molar-refractivity contribution is 5.90. The maximum atomic E-state index is 11.7. The number of tetrazole rings is 1. The van der Waals surface area contributed by atoms with Crippen molar-refractivity contribution >= 4 is 11.9 Å². The zero-order chi connectivity index (χ0) is 11.5. The van der Waals surface area contributed by atoms with E-state index in [4.69, 9.17) is 4.74 Å². The molecule has 0 radical (unpaired) electrons. The third-order valence-electron chi connectivity index (χ3n) is 2.34. The zero-order valence-corrected chi connectivity index (χ0v) is 9.23. The summed E-state index contributed by atoms with van der Waals surface area (Å²) in [4.78, 5) is 11.7. The summed E-state index contributed by atoms with van der Waals surface area (Å²) < 4.78 is 6.52. The molecule has 0 bridgehead atoms. The van der Waals surface area contributed by atoms with E-state index in [0.717, 1.165) is 5.70 Å². The summed E-state index contributed by atoms with van der Waals surface area (Å²) in [6.07, 6.45) is 0.709. The van der Waals surface area contributed by atoms with Crippen molar-refractivity contribution in [2.45, 2.75) is 26.8 Å². The summed E-state index contributed by atoms with van der Waals surface area (Å²) in [6, 6.07) is 0. The Morgan fingerprint density at radius 3 is 3.06 bits per heavy atom. The van der Waals surface area contributed by atoms with Gasteiger partial charge in [-0.2, -0.15) is 0 Å². The Balaban J connectivity index is 2.27. The molecule has 86 valence electrons. The first kappa shape index (κ1) is 10.6. The topological polar surface area (TPSA) is 81.9 Å². The first-order valence-corrected chi connectivity index (χ1v) is 5.18. The van der Waals surface area contributed by atoms with E-state index < -0.39 is 0 Å². The Labute approximate surface area is 92.5 Å². The van der Waals surface area contributed by atoms with Crippen LogP contribution in [0.5, 0.6) is 0 Å². The van der Waals surface area contributed by atoms with Gasteiger partial charge in [-0.15, -0.1) is 0 Å². The second kappa shape index (κ2) is 4.30. The number of hydrogen-bond acceptors (Lipinski definition) is 6. The molecular weight excluding hydrogens is 210 g/mol. The van der Waals surface area contributed by atoms with Crippen molar-refractivity contribution in [1.29, 1.82) is 0 Å².